The highest BCUT2D eigenvalue weighted by atomic mass is 31.1. The van der Waals surface area contributed by atoms with Crippen molar-refractivity contribution in [2.24, 2.45) is 0 Å². The summed E-state index contributed by atoms with van der Waals surface area (Å²) >= 11 is 0. The molecule has 0 amide bonds. The SMILES string of the molecule is CCCCCCCCCCCCCCCCCCNC.CCO[PH](=O)O. The minimum atomic E-state index is -2.64. The van der Waals surface area contributed by atoms with Crippen LogP contribution >= 0.6 is 8.25 Å². The van der Waals surface area contributed by atoms with Crippen LogP contribution in [0.3, 0.4) is 0 Å². The predicted molar refractivity (Wildman–Crippen MR) is 116 cm³/mol. The molecule has 4 nitrogen and oxygen atoms in total. The van der Waals surface area contributed by atoms with Gasteiger partial charge < -0.3 is 14.7 Å². The van der Waals surface area contributed by atoms with Crippen LogP contribution in [0.4, 0.5) is 0 Å². The highest BCUT2D eigenvalue weighted by molar-refractivity contribution is 7.32. The molecule has 0 aromatic rings. The van der Waals surface area contributed by atoms with Gasteiger partial charge in [-0.15, -0.1) is 0 Å². The van der Waals surface area contributed by atoms with Gasteiger partial charge in [0.1, 0.15) is 0 Å². The minimum Gasteiger partial charge on any atom is -0.326 e. The Labute approximate surface area is 164 Å². The molecule has 0 aromatic carbocycles. The Morgan fingerprint density at radius 3 is 1.27 bits per heavy atom. The molecular weight excluding hydrogens is 345 g/mol. The van der Waals surface area contributed by atoms with Gasteiger partial charge >= 0.3 is 8.25 Å². The van der Waals surface area contributed by atoms with E-state index in [2.05, 4.69) is 16.8 Å². The average molecular weight is 394 g/mol. The maximum atomic E-state index is 9.56. The Kier molecular flexibility index (Phi) is 29.8. The number of hydrogen-bond acceptors (Lipinski definition) is 3. The second-order valence-electron chi connectivity index (χ2n) is 7.11. The molecule has 0 saturated carbocycles. The average Bonchev–Trinajstić information content (AvgIpc) is 2.62. The van der Waals surface area contributed by atoms with E-state index in [0.29, 0.717) is 6.61 Å². The molecule has 0 saturated heterocycles. The first-order valence-electron chi connectivity index (χ1n) is 11.2. The third kappa shape index (κ3) is 31.8. The van der Waals surface area contributed by atoms with Crippen molar-refractivity contribution in [2.75, 3.05) is 20.2 Å². The fourth-order valence-corrected chi connectivity index (χ4v) is 3.22. The first-order chi connectivity index (χ1) is 12.7. The van der Waals surface area contributed by atoms with Crippen molar-refractivity contribution in [2.45, 2.75) is 117 Å². The summed E-state index contributed by atoms with van der Waals surface area (Å²) in [4.78, 5) is 7.88. The lowest BCUT2D eigenvalue weighted by atomic mass is 10.0. The van der Waals surface area contributed by atoms with E-state index in [1.807, 2.05) is 7.05 Å². The summed E-state index contributed by atoms with van der Waals surface area (Å²) in [5, 5.41) is 3.22. The fraction of sp³-hybridized carbons (Fsp3) is 1.00. The smallest absolute Gasteiger partial charge is 0.316 e. The van der Waals surface area contributed by atoms with E-state index in [-0.39, 0.29) is 0 Å². The second-order valence-corrected chi connectivity index (χ2v) is 7.93. The van der Waals surface area contributed by atoms with Gasteiger partial charge in [0, 0.05) is 0 Å². The number of nitrogens with one attached hydrogen (secondary N) is 1. The largest absolute Gasteiger partial charge is 0.326 e. The first-order valence-corrected chi connectivity index (χ1v) is 12.5. The Morgan fingerprint density at radius 2 is 1.04 bits per heavy atom. The van der Waals surface area contributed by atoms with E-state index in [1.54, 1.807) is 6.92 Å². The Bertz CT molecular complexity index is 248. The van der Waals surface area contributed by atoms with E-state index in [9.17, 15) is 4.57 Å². The highest BCUT2D eigenvalue weighted by Gasteiger charge is 1.94. The molecule has 0 radical (unpaired) electrons. The molecule has 5 heteroatoms. The first kappa shape index (κ1) is 28.3. The van der Waals surface area contributed by atoms with E-state index >= 15 is 0 Å². The molecule has 0 aromatic heterocycles. The summed E-state index contributed by atoms with van der Waals surface area (Å²) in [6.45, 7) is 5.47. The van der Waals surface area contributed by atoms with Crippen molar-refractivity contribution in [3.05, 3.63) is 0 Å². The van der Waals surface area contributed by atoms with Gasteiger partial charge in [0.2, 0.25) is 0 Å². The molecule has 0 rings (SSSR count). The van der Waals surface area contributed by atoms with Gasteiger partial charge in [-0.3, -0.25) is 4.57 Å². The molecule has 0 aliphatic rings. The van der Waals surface area contributed by atoms with E-state index in [1.165, 1.54) is 109 Å². The molecule has 160 valence electrons. The van der Waals surface area contributed by atoms with E-state index in [0.717, 1.165) is 0 Å². The summed E-state index contributed by atoms with van der Waals surface area (Å²) in [6, 6.07) is 0. The van der Waals surface area contributed by atoms with Crippen molar-refractivity contribution in [1.82, 2.24) is 5.32 Å². The van der Waals surface area contributed by atoms with Crippen molar-refractivity contribution in [3.8, 4) is 0 Å². The van der Waals surface area contributed by atoms with Crippen LogP contribution in [0.5, 0.6) is 0 Å². The zero-order chi connectivity index (χ0) is 19.7. The Morgan fingerprint density at radius 1 is 0.692 bits per heavy atom. The number of unbranched alkanes of at least 4 members (excludes halogenated alkanes) is 15. The maximum Gasteiger partial charge on any atom is 0.316 e. The lowest BCUT2D eigenvalue weighted by Crippen LogP contribution is -2.06. The van der Waals surface area contributed by atoms with Gasteiger partial charge in [-0.1, -0.05) is 103 Å². The third-order valence-corrected chi connectivity index (χ3v) is 5.08. The van der Waals surface area contributed by atoms with Crippen LogP contribution in [-0.2, 0) is 9.09 Å². The van der Waals surface area contributed by atoms with Crippen LogP contribution in [0.15, 0.2) is 0 Å². The molecule has 0 heterocycles. The molecule has 2 N–H and O–H groups in total. The topological polar surface area (TPSA) is 58.6 Å². The van der Waals surface area contributed by atoms with Crippen LogP contribution in [-0.4, -0.2) is 25.1 Å². The molecule has 0 aliphatic heterocycles. The minimum absolute atomic E-state index is 0.314. The quantitative estimate of drug-likeness (QED) is 0.186. The van der Waals surface area contributed by atoms with E-state index < -0.39 is 8.25 Å². The molecule has 0 aliphatic carbocycles. The third-order valence-electron chi connectivity index (χ3n) is 4.55. The van der Waals surface area contributed by atoms with Crippen molar-refractivity contribution < 1.29 is 14.0 Å². The summed E-state index contributed by atoms with van der Waals surface area (Å²) < 4.78 is 13.7. The zero-order valence-electron chi connectivity index (χ0n) is 18.0. The van der Waals surface area contributed by atoms with Crippen LogP contribution in [0.1, 0.15) is 117 Å². The van der Waals surface area contributed by atoms with Gasteiger partial charge in [0.05, 0.1) is 6.61 Å². The van der Waals surface area contributed by atoms with Gasteiger partial charge in [-0.25, -0.2) is 0 Å². The van der Waals surface area contributed by atoms with Crippen LogP contribution in [0, 0.1) is 0 Å². The molecular formula is C21H48NO3P. The molecule has 0 fully saturated rings. The predicted octanol–water partition coefficient (Wildman–Crippen LogP) is 6.87. The fourth-order valence-electron chi connectivity index (χ4n) is 2.97. The van der Waals surface area contributed by atoms with Gasteiger partial charge in [0.15, 0.2) is 0 Å². The summed E-state index contributed by atoms with van der Waals surface area (Å²) in [6.07, 6.45) is 23.2. The number of hydrogen-bond donors (Lipinski definition) is 2. The van der Waals surface area contributed by atoms with Crippen LogP contribution < -0.4 is 5.32 Å². The lowest BCUT2D eigenvalue weighted by Gasteiger charge is -2.03. The van der Waals surface area contributed by atoms with Gasteiger partial charge in [-0.05, 0) is 26.9 Å². The molecule has 26 heavy (non-hydrogen) atoms. The van der Waals surface area contributed by atoms with Crippen LogP contribution in [0.25, 0.3) is 0 Å². The molecule has 0 spiro atoms. The van der Waals surface area contributed by atoms with Gasteiger partial charge in [-0.2, -0.15) is 0 Å². The molecule has 1 unspecified atom stereocenters. The van der Waals surface area contributed by atoms with Gasteiger partial charge in [0.25, 0.3) is 0 Å². The van der Waals surface area contributed by atoms with Crippen molar-refractivity contribution in [1.29, 1.82) is 0 Å². The summed E-state index contributed by atoms with van der Waals surface area (Å²) in [5.74, 6) is 0. The van der Waals surface area contributed by atoms with Crippen LogP contribution in [0.2, 0.25) is 0 Å². The number of rotatable bonds is 19. The Hall–Kier alpha value is 0.110. The zero-order valence-corrected chi connectivity index (χ0v) is 19.0. The second kappa shape index (κ2) is 27.3. The normalized spacial score (nSPS) is 11.8. The summed E-state index contributed by atoms with van der Waals surface area (Å²) in [7, 11) is -0.589. The monoisotopic (exact) mass is 393 g/mol. The Balaban J connectivity index is 0. The molecule has 1 atom stereocenters. The highest BCUT2D eigenvalue weighted by Crippen LogP contribution is 2.13. The van der Waals surface area contributed by atoms with Crippen molar-refractivity contribution in [3.63, 3.8) is 0 Å². The molecule has 0 bridgehead atoms. The standard InChI is InChI=1S/C19H41N.C2H7O3P/c1-3-4-5-6-7-8-9-10-11-12-13-14-15-16-17-18-19-20-2;1-2-5-6(3)4/h20H,3-19H2,1-2H3;6H,2H2,1H3,(H,3,4). The maximum absolute atomic E-state index is 9.56. The van der Waals surface area contributed by atoms with E-state index in [4.69, 9.17) is 4.89 Å². The van der Waals surface area contributed by atoms with Crippen molar-refractivity contribution >= 4 is 8.25 Å². The lowest BCUT2D eigenvalue weighted by molar-refractivity contribution is 0.297. The summed E-state index contributed by atoms with van der Waals surface area (Å²) in [5.41, 5.74) is 0.